The third-order valence-electron chi connectivity index (χ3n) is 4.72. The van der Waals surface area contributed by atoms with Crippen molar-refractivity contribution in [1.82, 2.24) is 25.5 Å². The number of nitrogens with zero attached hydrogens (tertiary/aromatic N) is 4. The summed E-state index contributed by atoms with van der Waals surface area (Å²) in [6, 6.07) is 6.37. The van der Waals surface area contributed by atoms with Crippen molar-refractivity contribution in [3.05, 3.63) is 29.8 Å². The first-order chi connectivity index (χ1) is 13.6. The van der Waals surface area contributed by atoms with Crippen molar-refractivity contribution in [2.24, 2.45) is 0 Å². The molecule has 0 radical (unpaired) electrons. The van der Waals surface area contributed by atoms with Crippen molar-refractivity contribution in [2.45, 2.75) is 62.9 Å². The van der Waals surface area contributed by atoms with E-state index in [0.29, 0.717) is 23.2 Å². The van der Waals surface area contributed by atoms with E-state index in [1.807, 2.05) is 6.92 Å². The Bertz CT molecular complexity index is 783. The summed E-state index contributed by atoms with van der Waals surface area (Å²) in [4.78, 5) is 12.4. The molecule has 1 saturated carbocycles. The van der Waals surface area contributed by atoms with Gasteiger partial charge in [0.1, 0.15) is 5.75 Å². The van der Waals surface area contributed by atoms with Gasteiger partial charge < -0.3 is 10.1 Å². The van der Waals surface area contributed by atoms with Crippen LogP contribution in [0.2, 0.25) is 0 Å². The predicted octanol–water partition coefficient (Wildman–Crippen LogP) is 3.75. The summed E-state index contributed by atoms with van der Waals surface area (Å²) in [6.45, 7) is -1.04. The van der Waals surface area contributed by atoms with Gasteiger partial charge in [0, 0.05) is 5.56 Å². The molecule has 1 atom stereocenters. The fourth-order valence-electron chi connectivity index (χ4n) is 3.40. The third-order valence-corrected chi connectivity index (χ3v) is 5.65. The van der Waals surface area contributed by atoms with Gasteiger partial charge in [0.15, 0.2) is 0 Å². The van der Waals surface area contributed by atoms with E-state index in [2.05, 4.69) is 25.6 Å². The number of rotatable bonds is 9. The SMILES string of the molecule is CCC(NC(=O)CSc1nnnn1C1CCCC1)c1ccccc1OC(F)F. The summed E-state index contributed by atoms with van der Waals surface area (Å²) in [5.41, 5.74) is 0.527. The third kappa shape index (κ3) is 5.18. The number of amides is 1. The molecule has 10 heteroatoms. The quantitative estimate of drug-likeness (QED) is 0.633. The van der Waals surface area contributed by atoms with Gasteiger partial charge in [-0.2, -0.15) is 8.78 Å². The predicted molar refractivity (Wildman–Crippen MR) is 100 cm³/mol. The Morgan fingerprint density at radius 1 is 1.36 bits per heavy atom. The Morgan fingerprint density at radius 2 is 2.11 bits per heavy atom. The van der Waals surface area contributed by atoms with Gasteiger partial charge in [-0.25, -0.2) is 4.68 Å². The molecule has 1 amide bonds. The van der Waals surface area contributed by atoms with Gasteiger partial charge in [-0.15, -0.1) is 5.10 Å². The number of carbonyl (C=O) groups is 1. The van der Waals surface area contributed by atoms with Crippen LogP contribution in [0.5, 0.6) is 5.75 Å². The van der Waals surface area contributed by atoms with Crippen LogP contribution in [0.25, 0.3) is 0 Å². The van der Waals surface area contributed by atoms with Crippen molar-refractivity contribution in [1.29, 1.82) is 0 Å². The van der Waals surface area contributed by atoms with Crippen molar-refractivity contribution >= 4 is 17.7 Å². The second-order valence-corrected chi connectivity index (χ2v) is 7.52. The van der Waals surface area contributed by atoms with Gasteiger partial charge in [-0.3, -0.25) is 4.79 Å². The summed E-state index contributed by atoms with van der Waals surface area (Å²) in [5.74, 6) is -0.00581. The van der Waals surface area contributed by atoms with Crippen LogP contribution in [-0.2, 0) is 4.79 Å². The van der Waals surface area contributed by atoms with Crippen LogP contribution < -0.4 is 10.1 Å². The molecule has 1 aromatic heterocycles. The lowest BCUT2D eigenvalue weighted by molar-refractivity contribution is -0.119. The summed E-state index contributed by atoms with van der Waals surface area (Å²) in [7, 11) is 0. The van der Waals surface area contributed by atoms with E-state index >= 15 is 0 Å². The van der Waals surface area contributed by atoms with Crippen molar-refractivity contribution in [3.63, 3.8) is 0 Å². The molecule has 1 N–H and O–H groups in total. The summed E-state index contributed by atoms with van der Waals surface area (Å²) >= 11 is 1.27. The Labute approximate surface area is 166 Å². The Morgan fingerprint density at radius 3 is 2.82 bits per heavy atom. The van der Waals surface area contributed by atoms with Gasteiger partial charge in [0.05, 0.1) is 17.8 Å². The normalized spacial score (nSPS) is 15.7. The van der Waals surface area contributed by atoms with Crippen molar-refractivity contribution < 1.29 is 18.3 Å². The zero-order chi connectivity index (χ0) is 19.9. The van der Waals surface area contributed by atoms with E-state index in [1.165, 1.54) is 17.8 Å². The Kier molecular flexibility index (Phi) is 7.18. The second-order valence-electron chi connectivity index (χ2n) is 6.58. The smallest absolute Gasteiger partial charge is 0.387 e. The highest BCUT2D eigenvalue weighted by molar-refractivity contribution is 7.99. The van der Waals surface area contributed by atoms with Crippen LogP contribution >= 0.6 is 11.8 Å². The van der Waals surface area contributed by atoms with E-state index in [0.717, 1.165) is 25.7 Å². The average Bonchev–Trinajstić information content (AvgIpc) is 3.35. The number of alkyl halides is 2. The van der Waals surface area contributed by atoms with Gasteiger partial charge in [0.25, 0.3) is 0 Å². The molecule has 3 rings (SSSR count). The van der Waals surface area contributed by atoms with Crippen LogP contribution in [0, 0.1) is 0 Å². The van der Waals surface area contributed by atoms with Crippen LogP contribution in [-0.4, -0.2) is 38.5 Å². The minimum atomic E-state index is -2.92. The molecule has 1 heterocycles. The second kappa shape index (κ2) is 9.81. The highest BCUT2D eigenvalue weighted by atomic mass is 32.2. The largest absolute Gasteiger partial charge is 0.434 e. The van der Waals surface area contributed by atoms with E-state index in [9.17, 15) is 13.6 Å². The maximum Gasteiger partial charge on any atom is 0.387 e. The van der Waals surface area contributed by atoms with Gasteiger partial charge in [-0.05, 0) is 35.8 Å². The van der Waals surface area contributed by atoms with Crippen molar-refractivity contribution in [3.8, 4) is 5.75 Å². The maximum absolute atomic E-state index is 12.6. The van der Waals surface area contributed by atoms with Crippen LogP contribution in [0.1, 0.15) is 56.7 Å². The number of nitrogens with one attached hydrogen (secondary N) is 1. The molecular formula is C18H23F2N5O2S. The van der Waals surface area contributed by atoms with Crippen molar-refractivity contribution in [2.75, 3.05) is 5.75 Å². The first-order valence-corrected chi connectivity index (χ1v) is 10.3. The number of hydrogen-bond acceptors (Lipinski definition) is 6. The topological polar surface area (TPSA) is 81.9 Å². The monoisotopic (exact) mass is 411 g/mol. The zero-order valence-corrected chi connectivity index (χ0v) is 16.4. The van der Waals surface area contributed by atoms with Gasteiger partial charge in [-0.1, -0.05) is 49.7 Å². The standard InChI is InChI=1S/C18H23F2N5O2S/c1-2-14(13-9-5-6-10-15(13)27-17(19)20)21-16(26)11-28-18-22-23-24-25(18)12-7-3-4-8-12/h5-6,9-10,12,14,17H,2-4,7-8,11H2,1H3,(H,21,26). The minimum Gasteiger partial charge on any atom is -0.434 e. The molecule has 0 spiro atoms. The number of aromatic nitrogens is 4. The molecule has 1 aromatic carbocycles. The Hall–Kier alpha value is -2.23. The van der Waals surface area contributed by atoms with E-state index < -0.39 is 12.7 Å². The number of hydrogen-bond donors (Lipinski definition) is 1. The molecule has 28 heavy (non-hydrogen) atoms. The zero-order valence-electron chi connectivity index (χ0n) is 15.6. The summed E-state index contributed by atoms with van der Waals surface area (Å²) < 4.78 is 31.7. The molecule has 1 aliphatic rings. The molecule has 152 valence electrons. The number of ether oxygens (including phenoxy) is 1. The van der Waals surface area contributed by atoms with Gasteiger partial charge >= 0.3 is 6.61 Å². The average molecular weight is 411 g/mol. The first kappa shape index (κ1) is 20.5. The van der Waals surface area contributed by atoms with E-state index in [-0.39, 0.29) is 17.4 Å². The van der Waals surface area contributed by atoms with E-state index in [4.69, 9.17) is 0 Å². The first-order valence-electron chi connectivity index (χ1n) is 9.32. The molecule has 0 saturated heterocycles. The van der Waals surface area contributed by atoms with Crippen LogP contribution in [0.4, 0.5) is 8.78 Å². The number of carbonyl (C=O) groups excluding carboxylic acids is 1. The lowest BCUT2D eigenvalue weighted by Crippen LogP contribution is -2.30. The lowest BCUT2D eigenvalue weighted by Gasteiger charge is -2.20. The molecular weight excluding hydrogens is 388 g/mol. The lowest BCUT2D eigenvalue weighted by atomic mass is 10.0. The molecule has 0 bridgehead atoms. The number of thioether (sulfide) groups is 1. The fraction of sp³-hybridized carbons (Fsp3) is 0.556. The molecule has 7 nitrogen and oxygen atoms in total. The molecule has 2 aromatic rings. The fourth-order valence-corrected chi connectivity index (χ4v) is 4.15. The van der Waals surface area contributed by atoms with Crippen LogP contribution in [0.15, 0.2) is 29.4 Å². The molecule has 1 unspecified atom stereocenters. The highest BCUT2D eigenvalue weighted by Gasteiger charge is 2.23. The summed E-state index contributed by atoms with van der Waals surface area (Å²) in [5, 5.41) is 15.3. The van der Waals surface area contributed by atoms with E-state index in [1.54, 1.807) is 22.9 Å². The number of para-hydroxylation sites is 1. The maximum atomic E-state index is 12.6. The molecule has 1 fully saturated rings. The number of tetrazole rings is 1. The van der Waals surface area contributed by atoms with Crippen LogP contribution in [0.3, 0.4) is 0 Å². The number of halogens is 2. The highest BCUT2D eigenvalue weighted by Crippen LogP contribution is 2.32. The number of benzene rings is 1. The Balaban J connectivity index is 1.60. The summed E-state index contributed by atoms with van der Waals surface area (Å²) in [6.07, 6.45) is 4.95. The molecule has 1 aliphatic carbocycles. The molecule has 0 aliphatic heterocycles. The minimum absolute atomic E-state index is 0.0717. The van der Waals surface area contributed by atoms with Gasteiger partial charge in [0.2, 0.25) is 11.1 Å².